The van der Waals surface area contributed by atoms with Gasteiger partial charge in [-0.2, -0.15) is 0 Å². The highest BCUT2D eigenvalue weighted by Gasteiger charge is 2.53. The molecule has 4 rings (SSSR count). The molecular weight excluding hydrogens is 254 g/mol. The zero-order valence-electron chi connectivity index (χ0n) is 11.5. The van der Waals surface area contributed by atoms with Gasteiger partial charge in [-0.3, -0.25) is 0 Å². The molecular formula is C17H22ClN. The third kappa shape index (κ3) is 1.81. The minimum atomic E-state index is 0.696. The van der Waals surface area contributed by atoms with Crippen molar-refractivity contribution in [3.63, 3.8) is 0 Å². The van der Waals surface area contributed by atoms with Crippen LogP contribution in [0.4, 0.5) is 5.69 Å². The van der Waals surface area contributed by atoms with Gasteiger partial charge < -0.3 is 5.32 Å². The van der Waals surface area contributed by atoms with Crippen LogP contribution in [0.25, 0.3) is 0 Å². The Morgan fingerprint density at radius 1 is 1.11 bits per heavy atom. The Kier molecular flexibility index (Phi) is 2.80. The van der Waals surface area contributed by atoms with Gasteiger partial charge in [0.05, 0.1) is 0 Å². The van der Waals surface area contributed by atoms with E-state index in [1.54, 1.807) is 0 Å². The van der Waals surface area contributed by atoms with E-state index in [1.165, 1.54) is 43.4 Å². The van der Waals surface area contributed by atoms with Gasteiger partial charge >= 0.3 is 0 Å². The predicted octanol–water partition coefficient (Wildman–Crippen LogP) is 4.89. The number of hydrogen-bond acceptors (Lipinski definition) is 1. The average molecular weight is 276 g/mol. The fourth-order valence-corrected chi connectivity index (χ4v) is 5.37. The smallest absolute Gasteiger partial charge is 0.0455 e. The molecule has 5 unspecified atom stereocenters. The first kappa shape index (κ1) is 12.1. The maximum atomic E-state index is 6.23. The fraction of sp³-hybridized carbons (Fsp3) is 0.647. The van der Waals surface area contributed by atoms with Crippen LogP contribution in [-0.2, 0) is 0 Å². The lowest BCUT2D eigenvalue weighted by Crippen LogP contribution is -2.34. The second-order valence-corrected chi connectivity index (χ2v) is 7.22. The Bertz CT molecular complexity index is 498. The minimum Gasteiger partial charge on any atom is -0.382 e. The molecule has 0 aliphatic heterocycles. The monoisotopic (exact) mass is 275 g/mol. The zero-order chi connectivity index (χ0) is 13.0. The molecule has 1 nitrogen and oxygen atoms in total. The molecule has 1 aromatic carbocycles. The summed E-state index contributed by atoms with van der Waals surface area (Å²) in [6.45, 7) is 2.12. The van der Waals surface area contributed by atoms with Crippen LogP contribution in [0.3, 0.4) is 0 Å². The van der Waals surface area contributed by atoms with Crippen LogP contribution in [0.5, 0.6) is 0 Å². The van der Waals surface area contributed by atoms with Crippen LogP contribution >= 0.6 is 11.6 Å². The summed E-state index contributed by atoms with van der Waals surface area (Å²) in [6, 6.07) is 6.92. The molecule has 0 spiro atoms. The van der Waals surface area contributed by atoms with E-state index in [0.29, 0.717) is 6.04 Å². The summed E-state index contributed by atoms with van der Waals surface area (Å²) in [6.07, 6.45) is 7.34. The zero-order valence-corrected chi connectivity index (χ0v) is 12.3. The first-order valence-corrected chi connectivity index (χ1v) is 8.13. The van der Waals surface area contributed by atoms with Crippen LogP contribution in [0, 0.1) is 30.6 Å². The predicted molar refractivity (Wildman–Crippen MR) is 80.6 cm³/mol. The highest BCUT2D eigenvalue weighted by atomic mass is 35.5. The van der Waals surface area contributed by atoms with Crippen LogP contribution in [0.15, 0.2) is 18.2 Å². The highest BCUT2D eigenvalue weighted by molar-refractivity contribution is 6.31. The number of halogens is 1. The number of hydrogen-bond donors (Lipinski definition) is 1. The molecule has 19 heavy (non-hydrogen) atoms. The topological polar surface area (TPSA) is 12.0 Å². The second kappa shape index (κ2) is 4.41. The first-order chi connectivity index (χ1) is 9.24. The maximum Gasteiger partial charge on any atom is 0.0455 e. The van der Waals surface area contributed by atoms with E-state index >= 15 is 0 Å². The molecule has 2 heteroatoms. The van der Waals surface area contributed by atoms with Crippen molar-refractivity contribution in [3.8, 4) is 0 Å². The lowest BCUT2D eigenvalue weighted by atomic mass is 9.79. The molecule has 0 aromatic heterocycles. The Morgan fingerprint density at radius 3 is 2.84 bits per heavy atom. The molecule has 3 aliphatic rings. The third-order valence-electron chi connectivity index (χ3n) is 6.04. The van der Waals surface area contributed by atoms with Gasteiger partial charge in [-0.25, -0.2) is 0 Å². The van der Waals surface area contributed by atoms with E-state index in [2.05, 4.69) is 24.4 Å². The SMILES string of the molecule is Cc1c(Cl)cccc1NC1CC2CC1C1CCCC21. The number of rotatable bonds is 2. The fourth-order valence-electron chi connectivity index (χ4n) is 5.20. The van der Waals surface area contributed by atoms with E-state index in [9.17, 15) is 0 Å². The maximum absolute atomic E-state index is 6.23. The molecule has 1 N–H and O–H groups in total. The van der Waals surface area contributed by atoms with Gasteiger partial charge in [0.2, 0.25) is 0 Å². The standard InChI is InChI=1S/C17H22ClN/c1-10-15(18)6-3-7-16(10)19-17-9-11-8-14(17)13-5-2-4-12(11)13/h3,6-7,11-14,17,19H,2,4-5,8-9H2,1H3. The quantitative estimate of drug-likeness (QED) is 0.811. The van der Waals surface area contributed by atoms with Gasteiger partial charge in [-0.1, -0.05) is 24.1 Å². The summed E-state index contributed by atoms with van der Waals surface area (Å²) < 4.78 is 0. The lowest BCUT2D eigenvalue weighted by Gasteiger charge is -2.33. The van der Waals surface area contributed by atoms with Gasteiger partial charge in [0.25, 0.3) is 0 Å². The molecule has 3 saturated carbocycles. The molecule has 3 fully saturated rings. The molecule has 3 aliphatic carbocycles. The van der Waals surface area contributed by atoms with Crippen molar-refractivity contribution in [1.29, 1.82) is 0 Å². The van der Waals surface area contributed by atoms with Gasteiger partial charge in [-0.05, 0) is 74.0 Å². The number of nitrogens with one attached hydrogen (secondary N) is 1. The van der Waals surface area contributed by atoms with Crippen molar-refractivity contribution in [2.45, 2.75) is 45.1 Å². The molecule has 5 atom stereocenters. The van der Waals surface area contributed by atoms with E-state index in [4.69, 9.17) is 11.6 Å². The summed E-state index contributed by atoms with van der Waals surface area (Å²) in [5.74, 6) is 4.03. The average Bonchev–Trinajstić information content (AvgIpc) is 3.06. The summed E-state index contributed by atoms with van der Waals surface area (Å²) in [4.78, 5) is 0. The van der Waals surface area contributed by atoms with Crippen LogP contribution in [0.2, 0.25) is 5.02 Å². The van der Waals surface area contributed by atoms with Crippen LogP contribution in [0.1, 0.15) is 37.7 Å². The van der Waals surface area contributed by atoms with Gasteiger partial charge in [0, 0.05) is 16.8 Å². The Balaban J connectivity index is 1.54. The minimum absolute atomic E-state index is 0.696. The Hall–Kier alpha value is -0.690. The molecule has 2 bridgehead atoms. The lowest BCUT2D eigenvalue weighted by molar-refractivity contribution is 0.243. The second-order valence-electron chi connectivity index (χ2n) is 6.82. The van der Waals surface area contributed by atoms with Crippen LogP contribution in [-0.4, -0.2) is 6.04 Å². The van der Waals surface area contributed by atoms with Crippen molar-refractivity contribution in [2.75, 3.05) is 5.32 Å². The molecule has 0 heterocycles. The summed E-state index contributed by atoms with van der Waals surface area (Å²) in [5, 5.41) is 4.69. The first-order valence-electron chi connectivity index (χ1n) is 7.75. The van der Waals surface area contributed by atoms with Gasteiger partial charge in [0.15, 0.2) is 0 Å². The normalized spacial score (nSPS) is 39.6. The Labute approximate surface area is 120 Å². The summed E-state index contributed by atoms with van der Waals surface area (Å²) >= 11 is 6.23. The van der Waals surface area contributed by atoms with Crippen LogP contribution < -0.4 is 5.32 Å². The van der Waals surface area contributed by atoms with E-state index < -0.39 is 0 Å². The van der Waals surface area contributed by atoms with Crippen molar-refractivity contribution in [3.05, 3.63) is 28.8 Å². The van der Waals surface area contributed by atoms with Gasteiger partial charge in [0.1, 0.15) is 0 Å². The van der Waals surface area contributed by atoms with Crippen molar-refractivity contribution < 1.29 is 0 Å². The van der Waals surface area contributed by atoms with Gasteiger partial charge in [-0.15, -0.1) is 0 Å². The van der Waals surface area contributed by atoms with E-state index in [0.717, 1.165) is 28.7 Å². The van der Waals surface area contributed by atoms with Crippen molar-refractivity contribution in [2.24, 2.45) is 23.7 Å². The molecule has 0 radical (unpaired) electrons. The van der Waals surface area contributed by atoms with E-state index in [1.807, 2.05) is 6.07 Å². The molecule has 102 valence electrons. The number of benzene rings is 1. The van der Waals surface area contributed by atoms with Crippen molar-refractivity contribution in [1.82, 2.24) is 0 Å². The Morgan fingerprint density at radius 2 is 1.95 bits per heavy atom. The molecule has 0 saturated heterocycles. The number of fused-ring (bicyclic) bond motifs is 5. The number of anilines is 1. The van der Waals surface area contributed by atoms with E-state index in [-0.39, 0.29) is 0 Å². The third-order valence-corrected chi connectivity index (χ3v) is 6.45. The summed E-state index contributed by atoms with van der Waals surface area (Å²) in [5.41, 5.74) is 2.45. The largest absolute Gasteiger partial charge is 0.382 e. The summed E-state index contributed by atoms with van der Waals surface area (Å²) in [7, 11) is 0. The van der Waals surface area contributed by atoms with Crippen molar-refractivity contribution >= 4 is 17.3 Å². The highest BCUT2D eigenvalue weighted by Crippen LogP contribution is 2.59. The molecule has 0 amide bonds. The molecule has 1 aromatic rings.